The number of benzene rings is 1. The molecule has 0 radical (unpaired) electrons. The van der Waals surface area contributed by atoms with Crippen LogP contribution in [0.1, 0.15) is 30.0 Å². The van der Waals surface area contributed by atoms with E-state index >= 15 is 0 Å². The Bertz CT molecular complexity index is 672. The number of halogens is 1. The van der Waals surface area contributed by atoms with Crippen LogP contribution in [0, 0.1) is 5.92 Å². The van der Waals surface area contributed by atoms with Crippen LogP contribution in [0.25, 0.3) is 0 Å². The molecule has 0 spiro atoms. The van der Waals surface area contributed by atoms with Gasteiger partial charge in [-0.1, -0.05) is 35.9 Å². The Labute approximate surface area is 147 Å². The Morgan fingerprint density at radius 2 is 2.04 bits per heavy atom. The van der Waals surface area contributed by atoms with Crippen molar-refractivity contribution >= 4 is 17.5 Å². The van der Waals surface area contributed by atoms with E-state index in [-0.39, 0.29) is 18.4 Å². The fourth-order valence-corrected chi connectivity index (χ4v) is 3.32. The SMILES string of the molecule is O=C(Cc1ccccc1Cl)NC(c1cccnc1)C1CCOCC1. The van der Waals surface area contributed by atoms with E-state index in [1.807, 2.05) is 36.5 Å². The van der Waals surface area contributed by atoms with Crippen molar-refractivity contribution in [2.75, 3.05) is 13.2 Å². The molecule has 0 aliphatic carbocycles. The van der Waals surface area contributed by atoms with E-state index in [1.165, 1.54) is 0 Å². The zero-order chi connectivity index (χ0) is 16.8. The second-order valence-corrected chi connectivity index (χ2v) is 6.46. The van der Waals surface area contributed by atoms with Crippen molar-refractivity contribution in [1.82, 2.24) is 10.3 Å². The molecule has 3 rings (SSSR count). The van der Waals surface area contributed by atoms with Crippen LogP contribution in [0.2, 0.25) is 5.02 Å². The number of amides is 1. The summed E-state index contributed by atoms with van der Waals surface area (Å²) in [6.45, 7) is 1.48. The molecule has 4 nitrogen and oxygen atoms in total. The highest BCUT2D eigenvalue weighted by atomic mass is 35.5. The number of hydrogen-bond acceptors (Lipinski definition) is 3. The molecule has 1 aliphatic rings. The van der Waals surface area contributed by atoms with E-state index in [9.17, 15) is 4.79 Å². The van der Waals surface area contributed by atoms with Crippen LogP contribution in [0.4, 0.5) is 0 Å². The van der Waals surface area contributed by atoms with Gasteiger partial charge in [0.2, 0.25) is 5.91 Å². The second kappa shape index (κ2) is 8.27. The molecule has 126 valence electrons. The monoisotopic (exact) mass is 344 g/mol. The number of ether oxygens (including phenoxy) is 1. The molecule has 2 aromatic rings. The van der Waals surface area contributed by atoms with Crippen molar-refractivity contribution in [2.24, 2.45) is 5.92 Å². The summed E-state index contributed by atoms with van der Waals surface area (Å²) in [6.07, 6.45) is 5.73. The molecular weight excluding hydrogens is 324 g/mol. The minimum atomic E-state index is -0.0439. The zero-order valence-electron chi connectivity index (χ0n) is 13.5. The highest BCUT2D eigenvalue weighted by Gasteiger charge is 2.27. The summed E-state index contributed by atoms with van der Waals surface area (Å²) in [7, 11) is 0. The Hall–Kier alpha value is -1.91. The maximum Gasteiger partial charge on any atom is 0.224 e. The predicted octanol–water partition coefficient (Wildman–Crippen LogP) is 3.56. The van der Waals surface area contributed by atoms with Gasteiger partial charge in [0.15, 0.2) is 0 Å². The number of hydrogen-bond donors (Lipinski definition) is 1. The van der Waals surface area contributed by atoms with E-state index in [4.69, 9.17) is 16.3 Å². The average molecular weight is 345 g/mol. The fraction of sp³-hybridized carbons (Fsp3) is 0.368. The molecule has 1 aliphatic heterocycles. The normalized spacial score (nSPS) is 16.5. The first kappa shape index (κ1) is 16.9. The van der Waals surface area contributed by atoms with Crippen LogP contribution in [0.15, 0.2) is 48.8 Å². The molecule has 1 N–H and O–H groups in total. The molecular formula is C19H21ClN2O2. The molecule has 0 bridgehead atoms. The van der Waals surface area contributed by atoms with Crippen molar-refractivity contribution < 1.29 is 9.53 Å². The lowest BCUT2D eigenvalue weighted by atomic mass is 9.87. The Kier molecular flexibility index (Phi) is 5.83. The van der Waals surface area contributed by atoms with E-state index in [1.54, 1.807) is 12.3 Å². The summed E-state index contributed by atoms with van der Waals surface area (Å²) in [5.74, 6) is 0.335. The van der Waals surface area contributed by atoms with Crippen LogP contribution in [0.5, 0.6) is 0 Å². The van der Waals surface area contributed by atoms with Gasteiger partial charge < -0.3 is 10.1 Å². The molecule has 1 atom stereocenters. The molecule has 24 heavy (non-hydrogen) atoms. The van der Waals surface area contributed by atoms with E-state index in [2.05, 4.69) is 10.3 Å². The van der Waals surface area contributed by atoms with Gasteiger partial charge in [-0.05, 0) is 42.0 Å². The standard InChI is InChI=1S/C19H21ClN2O2/c20-17-6-2-1-4-15(17)12-18(23)22-19(14-7-10-24-11-8-14)16-5-3-9-21-13-16/h1-6,9,13-14,19H,7-8,10-12H2,(H,22,23). The third-order valence-electron chi connectivity index (χ3n) is 4.41. The fourth-order valence-electron chi connectivity index (χ4n) is 3.12. The number of nitrogens with one attached hydrogen (secondary N) is 1. The Morgan fingerprint density at radius 1 is 1.25 bits per heavy atom. The third kappa shape index (κ3) is 4.34. The van der Waals surface area contributed by atoms with Gasteiger partial charge >= 0.3 is 0 Å². The zero-order valence-corrected chi connectivity index (χ0v) is 14.2. The van der Waals surface area contributed by atoms with Crippen LogP contribution in [0.3, 0.4) is 0 Å². The summed E-state index contributed by atoms with van der Waals surface area (Å²) in [5.41, 5.74) is 1.88. The quantitative estimate of drug-likeness (QED) is 0.902. The summed E-state index contributed by atoms with van der Waals surface area (Å²) >= 11 is 6.16. The largest absolute Gasteiger partial charge is 0.381 e. The molecule has 1 amide bonds. The first-order chi connectivity index (χ1) is 11.7. The van der Waals surface area contributed by atoms with Crippen LogP contribution in [-0.2, 0) is 16.0 Å². The first-order valence-corrected chi connectivity index (χ1v) is 8.62. The number of pyridine rings is 1. The summed E-state index contributed by atoms with van der Waals surface area (Å²) < 4.78 is 5.46. The maximum atomic E-state index is 12.6. The smallest absolute Gasteiger partial charge is 0.224 e. The van der Waals surface area contributed by atoms with E-state index in [0.29, 0.717) is 10.9 Å². The number of nitrogens with zero attached hydrogens (tertiary/aromatic N) is 1. The lowest BCUT2D eigenvalue weighted by molar-refractivity contribution is -0.121. The van der Waals surface area contributed by atoms with Crippen molar-refractivity contribution in [3.8, 4) is 0 Å². The second-order valence-electron chi connectivity index (χ2n) is 6.05. The first-order valence-electron chi connectivity index (χ1n) is 8.24. The Balaban J connectivity index is 1.73. The summed E-state index contributed by atoms with van der Waals surface area (Å²) in [4.78, 5) is 16.8. The van der Waals surface area contributed by atoms with Gasteiger partial charge in [-0.2, -0.15) is 0 Å². The lowest BCUT2D eigenvalue weighted by Gasteiger charge is -2.31. The molecule has 5 heteroatoms. The lowest BCUT2D eigenvalue weighted by Crippen LogP contribution is -2.36. The van der Waals surface area contributed by atoms with Gasteiger partial charge in [0, 0.05) is 30.6 Å². The van der Waals surface area contributed by atoms with Crippen molar-refractivity contribution in [1.29, 1.82) is 0 Å². The predicted molar refractivity (Wildman–Crippen MR) is 93.8 cm³/mol. The molecule has 0 saturated carbocycles. The van der Waals surface area contributed by atoms with Crippen LogP contribution in [-0.4, -0.2) is 24.1 Å². The highest BCUT2D eigenvalue weighted by Crippen LogP contribution is 2.30. The Morgan fingerprint density at radius 3 is 2.75 bits per heavy atom. The number of rotatable bonds is 5. The molecule has 1 fully saturated rings. The third-order valence-corrected chi connectivity index (χ3v) is 4.77. The van der Waals surface area contributed by atoms with Crippen molar-refractivity contribution in [2.45, 2.75) is 25.3 Å². The number of aromatic nitrogens is 1. The van der Waals surface area contributed by atoms with Crippen molar-refractivity contribution in [3.63, 3.8) is 0 Å². The average Bonchev–Trinajstić information content (AvgIpc) is 2.63. The molecule has 1 aromatic heterocycles. The minimum Gasteiger partial charge on any atom is -0.381 e. The number of carbonyl (C=O) groups excluding carboxylic acids is 1. The summed E-state index contributed by atoms with van der Waals surface area (Å²) in [6, 6.07) is 11.3. The topological polar surface area (TPSA) is 51.2 Å². The van der Waals surface area contributed by atoms with Crippen LogP contribution >= 0.6 is 11.6 Å². The van der Waals surface area contributed by atoms with Gasteiger partial charge in [0.25, 0.3) is 0 Å². The molecule has 1 saturated heterocycles. The van der Waals surface area contributed by atoms with Gasteiger partial charge in [-0.3, -0.25) is 9.78 Å². The van der Waals surface area contributed by atoms with E-state index in [0.717, 1.165) is 37.2 Å². The van der Waals surface area contributed by atoms with Gasteiger partial charge in [-0.25, -0.2) is 0 Å². The van der Waals surface area contributed by atoms with Crippen molar-refractivity contribution in [3.05, 3.63) is 64.9 Å². The van der Waals surface area contributed by atoms with Gasteiger partial charge in [0.1, 0.15) is 0 Å². The number of carbonyl (C=O) groups is 1. The summed E-state index contributed by atoms with van der Waals surface area (Å²) in [5, 5.41) is 3.81. The van der Waals surface area contributed by atoms with Gasteiger partial charge in [0.05, 0.1) is 12.5 Å². The van der Waals surface area contributed by atoms with Crippen LogP contribution < -0.4 is 5.32 Å². The molecule has 1 unspecified atom stereocenters. The minimum absolute atomic E-state index is 0.0246. The molecule has 2 heterocycles. The van der Waals surface area contributed by atoms with Gasteiger partial charge in [-0.15, -0.1) is 0 Å². The van der Waals surface area contributed by atoms with E-state index < -0.39 is 0 Å². The maximum absolute atomic E-state index is 12.6. The highest BCUT2D eigenvalue weighted by molar-refractivity contribution is 6.31. The molecule has 1 aromatic carbocycles.